The Morgan fingerprint density at radius 3 is 2.51 bits per heavy atom. The number of aromatic amines is 1. The van der Waals surface area contributed by atoms with Gasteiger partial charge in [-0.1, -0.05) is 6.07 Å². The van der Waals surface area contributed by atoms with E-state index in [-0.39, 0.29) is 30.6 Å². The Labute approximate surface area is 273 Å². The summed E-state index contributed by atoms with van der Waals surface area (Å²) < 4.78 is 28.9. The number of benzene rings is 3. The summed E-state index contributed by atoms with van der Waals surface area (Å²) in [7, 11) is 4.78. The van der Waals surface area contributed by atoms with Crippen LogP contribution in [0, 0.1) is 0 Å². The molecule has 4 bridgehead atoms. The monoisotopic (exact) mass is 641 g/mol. The average molecular weight is 642 g/mol. The van der Waals surface area contributed by atoms with E-state index < -0.39 is 0 Å². The Hall–Kier alpha value is -5.23. The largest absolute Gasteiger partial charge is 0.497 e. The number of nitrogens with zero attached hydrogens (tertiary/aromatic N) is 2. The summed E-state index contributed by atoms with van der Waals surface area (Å²) in [6.07, 6.45) is 2.28. The number of methoxy groups -OCH3 is 3. The minimum Gasteiger partial charge on any atom is -0.497 e. The number of hydrogen-bond donors (Lipinski definition) is 3. The number of H-pyrrole nitrogens is 1. The molecule has 1 aromatic heterocycles. The van der Waals surface area contributed by atoms with E-state index in [1.807, 2.05) is 60.8 Å². The molecular weight excluding hydrogens is 602 g/mol. The number of amides is 2. The molecule has 5 aliphatic heterocycles. The Kier molecular flexibility index (Phi) is 9.77. The highest BCUT2D eigenvalue weighted by Gasteiger charge is 2.36. The van der Waals surface area contributed by atoms with Crippen molar-refractivity contribution >= 4 is 11.8 Å². The van der Waals surface area contributed by atoms with E-state index in [1.165, 1.54) is 0 Å². The lowest BCUT2D eigenvalue weighted by molar-refractivity contribution is -0.124. The van der Waals surface area contributed by atoms with Crippen LogP contribution in [0.2, 0.25) is 0 Å². The van der Waals surface area contributed by atoms with E-state index in [0.717, 1.165) is 33.7 Å². The standard InChI is InChI=1S/C35H39N5O7/c1-43-26-9-6-23(7-10-26)35-25(17-37-39-35)18-40-19-28-32(20-40)47-27-11-8-24(30(15-27)44-2)16-36-33(41)13-5-22-4-12-29(31(14-22)45-3)46-21-34(42)38-28/h4,6-12,14-15,17,28,32H,5,13,16,18-21H2,1-3H3,(H,36,41)(H,37,39)(H,38,42)/t28-,32-/m1/s1. The van der Waals surface area contributed by atoms with Crippen molar-refractivity contribution in [2.75, 3.05) is 41.0 Å². The lowest BCUT2D eigenvalue weighted by Crippen LogP contribution is -2.46. The normalized spacial score (nSPS) is 18.8. The molecule has 3 aromatic carbocycles. The molecule has 0 spiro atoms. The van der Waals surface area contributed by atoms with Gasteiger partial charge in [-0.3, -0.25) is 19.6 Å². The zero-order chi connectivity index (χ0) is 32.8. The number of hydrogen-bond acceptors (Lipinski definition) is 9. The number of aryl methyl sites for hydroxylation is 1. The summed E-state index contributed by atoms with van der Waals surface area (Å²) in [6, 6.07) is 18.5. The van der Waals surface area contributed by atoms with Gasteiger partial charge in [0, 0.05) is 55.4 Å². The molecule has 4 aromatic rings. The van der Waals surface area contributed by atoms with Gasteiger partial charge >= 0.3 is 0 Å². The van der Waals surface area contributed by atoms with Gasteiger partial charge in [-0.05, 0) is 60.5 Å². The minimum absolute atomic E-state index is 0.0839. The summed E-state index contributed by atoms with van der Waals surface area (Å²) in [4.78, 5) is 28.1. The summed E-state index contributed by atoms with van der Waals surface area (Å²) in [5.74, 6) is 2.56. The van der Waals surface area contributed by atoms with Crippen LogP contribution < -0.4 is 34.3 Å². The fourth-order valence-electron chi connectivity index (χ4n) is 5.96. The van der Waals surface area contributed by atoms with Crippen molar-refractivity contribution in [2.24, 2.45) is 0 Å². The second kappa shape index (κ2) is 14.5. The zero-order valence-corrected chi connectivity index (χ0v) is 26.7. The first-order chi connectivity index (χ1) is 22.9. The van der Waals surface area contributed by atoms with Crippen LogP contribution in [0.3, 0.4) is 0 Å². The van der Waals surface area contributed by atoms with Gasteiger partial charge in [-0.2, -0.15) is 5.10 Å². The van der Waals surface area contributed by atoms with Crippen LogP contribution in [-0.4, -0.2) is 80.1 Å². The van der Waals surface area contributed by atoms with Gasteiger partial charge in [-0.15, -0.1) is 0 Å². The number of carbonyl (C=O) groups is 2. The number of nitrogens with one attached hydrogen (secondary N) is 3. The van der Waals surface area contributed by atoms with Crippen molar-refractivity contribution in [1.29, 1.82) is 0 Å². The average Bonchev–Trinajstić information content (AvgIpc) is 3.71. The number of carbonyl (C=O) groups excluding carboxylic acids is 2. The van der Waals surface area contributed by atoms with Crippen molar-refractivity contribution in [2.45, 2.75) is 38.1 Å². The van der Waals surface area contributed by atoms with Crippen LogP contribution in [0.25, 0.3) is 11.3 Å². The summed E-state index contributed by atoms with van der Waals surface area (Å²) in [5, 5.41) is 13.6. The van der Waals surface area contributed by atoms with E-state index in [9.17, 15) is 9.59 Å². The molecule has 0 radical (unpaired) electrons. The fourth-order valence-corrected chi connectivity index (χ4v) is 5.96. The maximum Gasteiger partial charge on any atom is 0.258 e. The van der Waals surface area contributed by atoms with Gasteiger partial charge in [0.15, 0.2) is 18.1 Å². The predicted molar refractivity (Wildman–Crippen MR) is 174 cm³/mol. The molecule has 5 aliphatic rings. The molecule has 2 amide bonds. The molecule has 246 valence electrons. The second-order valence-electron chi connectivity index (χ2n) is 11.5. The van der Waals surface area contributed by atoms with Crippen molar-refractivity contribution in [3.05, 3.63) is 83.6 Å². The topological polar surface area (TPSA) is 136 Å². The number of likely N-dealkylation sites (tertiary alicyclic amines) is 1. The zero-order valence-electron chi connectivity index (χ0n) is 26.7. The molecule has 0 unspecified atom stereocenters. The van der Waals surface area contributed by atoms with Crippen molar-refractivity contribution < 1.29 is 33.3 Å². The van der Waals surface area contributed by atoms with Crippen molar-refractivity contribution in [1.82, 2.24) is 25.7 Å². The van der Waals surface area contributed by atoms with Gasteiger partial charge in [0.25, 0.3) is 5.91 Å². The number of rotatable bonds is 6. The highest BCUT2D eigenvalue weighted by Crippen LogP contribution is 2.31. The highest BCUT2D eigenvalue weighted by molar-refractivity contribution is 5.78. The maximum absolute atomic E-state index is 13.2. The van der Waals surface area contributed by atoms with E-state index in [4.69, 9.17) is 23.7 Å². The Bertz CT molecular complexity index is 1710. The number of ether oxygens (including phenoxy) is 5. The molecule has 0 aliphatic carbocycles. The third-order valence-electron chi connectivity index (χ3n) is 8.43. The second-order valence-corrected chi connectivity index (χ2v) is 11.5. The molecule has 12 heteroatoms. The lowest BCUT2D eigenvalue weighted by atomic mass is 10.1. The first kappa shape index (κ1) is 31.7. The third-order valence-corrected chi connectivity index (χ3v) is 8.43. The quantitative estimate of drug-likeness (QED) is 0.289. The first-order valence-electron chi connectivity index (χ1n) is 15.5. The van der Waals surface area contributed by atoms with Gasteiger partial charge in [0.1, 0.15) is 23.4 Å². The smallest absolute Gasteiger partial charge is 0.258 e. The van der Waals surface area contributed by atoms with Crippen molar-refractivity contribution in [3.63, 3.8) is 0 Å². The van der Waals surface area contributed by atoms with Crippen LogP contribution in [0.1, 0.15) is 23.1 Å². The minimum atomic E-state index is -0.370. The Morgan fingerprint density at radius 2 is 1.72 bits per heavy atom. The van der Waals surface area contributed by atoms with Crippen LogP contribution in [0.5, 0.6) is 28.7 Å². The van der Waals surface area contributed by atoms with Crippen LogP contribution >= 0.6 is 0 Å². The first-order valence-corrected chi connectivity index (χ1v) is 15.5. The van der Waals surface area contributed by atoms with E-state index in [2.05, 4.69) is 25.7 Å². The van der Waals surface area contributed by atoms with Crippen molar-refractivity contribution in [3.8, 4) is 40.0 Å². The van der Waals surface area contributed by atoms with Gasteiger partial charge in [0.2, 0.25) is 5.91 Å². The van der Waals surface area contributed by atoms with Crippen LogP contribution in [0.4, 0.5) is 0 Å². The van der Waals surface area contributed by atoms with Gasteiger partial charge < -0.3 is 34.3 Å². The molecule has 9 rings (SSSR count). The lowest BCUT2D eigenvalue weighted by Gasteiger charge is -2.22. The summed E-state index contributed by atoms with van der Waals surface area (Å²) in [5.41, 5.74) is 4.68. The summed E-state index contributed by atoms with van der Waals surface area (Å²) in [6.45, 7) is 1.80. The van der Waals surface area contributed by atoms with E-state index in [1.54, 1.807) is 27.4 Å². The van der Waals surface area contributed by atoms with Crippen LogP contribution in [0.15, 0.2) is 66.9 Å². The highest BCUT2D eigenvalue weighted by atomic mass is 16.5. The Balaban J connectivity index is 1.24. The molecule has 6 heterocycles. The molecule has 3 N–H and O–H groups in total. The van der Waals surface area contributed by atoms with E-state index in [0.29, 0.717) is 62.0 Å². The predicted octanol–water partition coefficient (Wildman–Crippen LogP) is 3.49. The van der Waals surface area contributed by atoms with Gasteiger partial charge in [0.05, 0.1) is 39.3 Å². The molecule has 47 heavy (non-hydrogen) atoms. The molecular formula is C35H39N5O7. The van der Waals surface area contributed by atoms with Gasteiger partial charge in [-0.25, -0.2) is 0 Å². The number of aromatic nitrogens is 2. The van der Waals surface area contributed by atoms with E-state index >= 15 is 0 Å². The molecule has 2 atom stereocenters. The summed E-state index contributed by atoms with van der Waals surface area (Å²) >= 11 is 0. The molecule has 1 saturated heterocycles. The third kappa shape index (κ3) is 7.60. The molecule has 12 nitrogen and oxygen atoms in total. The Morgan fingerprint density at radius 1 is 0.894 bits per heavy atom. The fraction of sp³-hybridized carbons (Fsp3) is 0.343. The maximum atomic E-state index is 13.2. The van der Waals surface area contributed by atoms with Crippen LogP contribution in [-0.2, 0) is 29.1 Å². The SMILES string of the molecule is COc1ccc(-c2[nH]ncc2CN2C[C@H]3NC(=O)COc4ccc(cc4OC)CCC(=O)NCc4ccc(cc4OC)O[C@@H]3C2)cc1. The molecule has 1 fully saturated rings. The molecule has 0 saturated carbocycles.